The second-order valence-electron chi connectivity index (χ2n) is 7.79. The first-order valence-corrected chi connectivity index (χ1v) is 10.1. The molecule has 2 aromatic carbocycles. The Balaban J connectivity index is 1.32. The van der Waals surface area contributed by atoms with Crippen LogP contribution in [0.4, 0.5) is 5.69 Å². The first-order chi connectivity index (χ1) is 14.0. The van der Waals surface area contributed by atoms with Crippen LogP contribution in [-0.2, 0) is 4.79 Å². The minimum atomic E-state index is -0.0486. The topological polar surface area (TPSA) is 69.7 Å². The molecule has 2 aliphatic rings. The van der Waals surface area contributed by atoms with Crippen LogP contribution < -0.4 is 5.32 Å². The van der Waals surface area contributed by atoms with Gasteiger partial charge in [-0.15, -0.1) is 0 Å². The zero-order chi connectivity index (χ0) is 20.4. The molecule has 6 heteroatoms. The molecule has 29 heavy (non-hydrogen) atoms. The normalized spacial score (nSPS) is 16.4. The number of amides is 3. The van der Waals surface area contributed by atoms with Crippen LogP contribution in [0.15, 0.2) is 48.5 Å². The Bertz CT molecular complexity index is 909. The number of hydrogen-bond acceptors (Lipinski definition) is 3. The van der Waals surface area contributed by atoms with Crippen LogP contribution in [0.3, 0.4) is 0 Å². The highest BCUT2D eigenvalue weighted by atomic mass is 16.2. The SMILES string of the molecule is Cc1ccc(C(=O)N2CCN(C(=O)c3ccc(NC(=O)C4CC4)cc3)CC2)cc1. The third-order valence-electron chi connectivity index (χ3n) is 5.50. The van der Waals surface area contributed by atoms with Crippen LogP contribution in [0.1, 0.15) is 39.1 Å². The van der Waals surface area contributed by atoms with Crippen LogP contribution in [0.25, 0.3) is 0 Å². The fourth-order valence-corrected chi connectivity index (χ4v) is 3.46. The summed E-state index contributed by atoms with van der Waals surface area (Å²) >= 11 is 0. The summed E-state index contributed by atoms with van der Waals surface area (Å²) in [6.07, 6.45) is 1.92. The Morgan fingerprint density at radius 2 is 1.21 bits per heavy atom. The lowest BCUT2D eigenvalue weighted by Crippen LogP contribution is -2.50. The van der Waals surface area contributed by atoms with Gasteiger partial charge in [-0.2, -0.15) is 0 Å². The molecule has 0 spiro atoms. The molecule has 150 valence electrons. The largest absolute Gasteiger partial charge is 0.335 e. The van der Waals surface area contributed by atoms with Gasteiger partial charge < -0.3 is 15.1 Å². The van der Waals surface area contributed by atoms with Crippen molar-refractivity contribution in [2.24, 2.45) is 5.92 Å². The van der Waals surface area contributed by atoms with E-state index < -0.39 is 0 Å². The maximum Gasteiger partial charge on any atom is 0.253 e. The predicted octanol–water partition coefficient (Wildman–Crippen LogP) is 2.94. The molecule has 3 amide bonds. The quantitative estimate of drug-likeness (QED) is 0.871. The number of piperazine rings is 1. The van der Waals surface area contributed by atoms with Gasteiger partial charge in [0.25, 0.3) is 11.8 Å². The number of nitrogens with one attached hydrogen (secondary N) is 1. The molecule has 0 aromatic heterocycles. The molecule has 1 saturated carbocycles. The molecule has 0 atom stereocenters. The van der Waals surface area contributed by atoms with Crippen molar-refractivity contribution >= 4 is 23.4 Å². The summed E-state index contributed by atoms with van der Waals surface area (Å²) in [5.41, 5.74) is 3.11. The lowest BCUT2D eigenvalue weighted by molar-refractivity contribution is -0.117. The summed E-state index contributed by atoms with van der Waals surface area (Å²) in [5, 5.41) is 2.88. The van der Waals surface area contributed by atoms with Crippen molar-refractivity contribution in [3.05, 3.63) is 65.2 Å². The van der Waals surface area contributed by atoms with Crippen molar-refractivity contribution in [1.82, 2.24) is 9.80 Å². The lowest BCUT2D eigenvalue weighted by Gasteiger charge is -2.35. The molecule has 2 fully saturated rings. The summed E-state index contributed by atoms with van der Waals surface area (Å²) in [6.45, 7) is 4.06. The van der Waals surface area contributed by atoms with Crippen LogP contribution in [0.5, 0.6) is 0 Å². The highest BCUT2D eigenvalue weighted by Gasteiger charge is 2.29. The second kappa shape index (κ2) is 8.07. The zero-order valence-electron chi connectivity index (χ0n) is 16.6. The van der Waals surface area contributed by atoms with E-state index in [-0.39, 0.29) is 23.6 Å². The number of hydrogen-bond donors (Lipinski definition) is 1. The highest BCUT2D eigenvalue weighted by molar-refractivity contribution is 5.97. The van der Waals surface area contributed by atoms with E-state index in [0.717, 1.165) is 18.4 Å². The smallest absolute Gasteiger partial charge is 0.253 e. The number of aryl methyl sites for hydroxylation is 1. The van der Waals surface area contributed by atoms with Gasteiger partial charge in [0.15, 0.2) is 0 Å². The Hall–Kier alpha value is -3.15. The fraction of sp³-hybridized carbons (Fsp3) is 0.348. The van der Waals surface area contributed by atoms with Gasteiger partial charge in [0.1, 0.15) is 0 Å². The Morgan fingerprint density at radius 1 is 0.759 bits per heavy atom. The van der Waals surface area contributed by atoms with Crippen molar-refractivity contribution < 1.29 is 14.4 Å². The number of carbonyl (C=O) groups excluding carboxylic acids is 3. The van der Waals surface area contributed by atoms with Gasteiger partial charge in [-0.1, -0.05) is 17.7 Å². The van der Waals surface area contributed by atoms with Gasteiger partial charge in [0.05, 0.1) is 0 Å². The first-order valence-electron chi connectivity index (χ1n) is 10.1. The van der Waals surface area contributed by atoms with Crippen LogP contribution in [-0.4, -0.2) is 53.7 Å². The molecule has 1 heterocycles. The molecule has 0 unspecified atom stereocenters. The number of rotatable bonds is 4. The van der Waals surface area contributed by atoms with Gasteiger partial charge in [0.2, 0.25) is 5.91 Å². The third-order valence-corrected chi connectivity index (χ3v) is 5.50. The second-order valence-corrected chi connectivity index (χ2v) is 7.79. The van der Waals surface area contributed by atoms with E-state index in [1.54, 1.807) is 34.1 Å². The molecule has 1 aliphatic carbocycles. The minimum Gasteiger partial charge on any atom is -0.335 e. The van der Waals surface area contributed by atoms with Gasteiger partial charge in [-0.05, 0) is 56.2 Å². The van der Waals surface area contributed by atoms with E-state index in [9.17, 15) is 14.4 Å². The lowest BCUT2D eigenvalue weighted by atomic mass is 10.1. The van der Waals surface area contributed by atoms with Crippen LogP contribution in [0.2, 0.25) is 0 Å². The summed E-state index contributed by atoms with van der Waals surface area (Å²) in [4.78, 5) is 40.8. The zero-order valence-corrected chi connectivity index (χ0v) is 16.6. The molecular weight excluding hydrogens is 366 g/mol. The molecule has 1 aliphatic heterocycles. The molecule has 6 nitrogen and oxygen atoms in total. The van der Waals surface area contributed by atoms with Gasteiger partial charge in [-0.3, -0.25) is 14.4 Å². The van der Waals surface area contributed by atoms with Crippen molar-refractivity contribution in [3.8, 4) is 0 Å². The van der Waals surface area contributed by atoms with Gasteiger partial charge in [0, 0.05) is 48.9 Å². The summed E-state index contributed by atoms with van der Waals surface area (Å²) in [5.74, 6) is 0.161. The number of benzene rings is 2. The Morgan fingerprint density at radius 3 is 1.66 bits per heavy atom. The van der Waals surface area contributed by atoms with Crippen LogP contribution in [0, 0.1) is 12.8 Å². The summed E-state index contributed by atoms with van der Waals surface area (Å²) < 4.78 is 0. The summed E-state index contributed by atoms with van der Waals surface area (Å²) in [6, 6.07) is 14.6. The highest BCUT2D eigenvalue weighted by Crippen LogP contribution is 2.30. The monoisotopic (exact) mass is 391 g/mol. The molecule has 0 bridgehead atoms. The fourth-order valence-electron chi connectivity index (χ4n) is 3.46. The van der Waals surface area contributed by atoms with E-state index >= 15 is 0 Å². The van der Waals surface area contributed by atoms with Crippen molar-refractivity contribution in [3.63, 3.8) is 0 Å². The van der Waals surface area contributed by atoms with Gasteiger partial charge in [-0.25, -0.2) is 0 Å². The maximum absolute atomic E-state index is 12.8. The van der Waals surface area contributed by atoms with Gasteiger partial charge >= 0.3 is 0 Å². The van der Waals surface area contributed by atoms with Crippen molar-refractivity contribution in [2.45, 2.75) is 19.8 Å². The van der Waals surface area contributed by atoms with E-state index in [4.69, 9.17) is 0 Å². The van der Waals surface area contributed by atoms with Crippen molar-refractivity contribution in [2.75, 3.05) is 31.5 Å². The average Bonchev–Trinajstić information content (AvgIpc) is 3.60. The Kier molecular flexibility index (Phi) is 5.34. The first kappa shape index (κ1) is 19.2. The molecular formula is C23H25N3O3. The van der Waals surface area contributed by atoms with E-state index in [0.29, 0.717) is 43.0 Å². The summed E-state index contributed by atoms with van der Waals surface area (Å²) in [7, 11) is 0. The van der Waals surface area contributed by atoms with E-state index in [1.807, 2.05) is 31.2 Å². The molecule has 1 saturated heterocycles. The Labute approximate surface area is 170 Å². The molecule has 4 rings (SSSR count). The number of anilines is 1. The standard InChI is InChI=1S/C23H25N3O3/c1-16-2-4-18(5-3-16)22(28)25-12-14-26(15-13-25)23(29)19-8-10-20(11-9-19)24-21(27)17-6-7-17/h2-5,8-11,17H,6-7,12-15H2,1H3,(H,24,27). The third kappa shape index (κ3) is 4.47. The maximum atomic E-state index is 12.8. The average molecular weight is 391 g/mol. The number of carbonyl (C=O) groups is 3. The molecule has 1 N–H and O–H groups in total. The molecule has 0 radical (unpaired) electrons. The number of nitrogens with zero attached hydrogens (tertiary/aromatic N) is 2. The molecule has 2 aromatic rings. The van der Waals surface area contributed by atoms with Crippen LogP contribution >= 0.6 is 0 Å². The van der Waals surface area contributed by atoms with E-state index in [1.165, 1.54) is 0 Å². The minimum absolute atomic E-state index is 0.00727. The van der Waals surface area contributed by atoms with Crippen molar-refractivity contribution in [1.29, 1.82) is 0 Å². The van der Waals surface area contributed by atoms with E-state index in [2.05, 4.69) is 5.32 Å². The predicted molar refractivity (Wildman–Crippen MR) is 111 cm³/mol.